The summed E-state index contributed by atoms with van der Waals surface area (Å²) in [5, 5.41) is 0. The molecule has 15 heavy (non-hydrogen) atoms. The van der Waals surface area contributed by atoms with Crippen molar-refractivity contribution in [2.75, 3.05) is 32.7 Å². The summed E-state index contributed by atoms with van der Waals surface area (Å²) < 4.78 is 2.09. The maximum absolute atomic E-state index is 5.53. The lowest BCUT2D eigenvalue weighted by Crippen LogP contribution is -2.35. The van der Waals surface area contributed by atoms with E-state index in [0.717, 1.165) is 32.6 Å². The maximum Gasteiger partial charge on any atom is 0.0945 e. The molecule has 0 spiro atoms. The summed E-state index contributed by atoms with van der Waals surface area (Å²) in [6, 6.07) is 0. The number of imidazole rings is 1. The van der Waals surface area contributed by atoms with Gasteiger partial charge in [0, 0.05) is 45.1 Å². The first-order chi connectivity index (χ1) is 7.36. The molecule has 86 valence electrons. The molecule has 0 fully saturated rings. The Labute approximate surface area is 91.1 Å². The second kappa shape index (κ2) is 7.39. The normalized spacial score (nSPS) is 11.1. The van der Waals surface area contributed by atoms with Crippen LogP contribution in [0.2, 0.25) is 0 Å². The molecule has 1 rings (SSSR count). The SMILES string of the molecule is NCCN(CCN)CCCn1ccnc1. The largest absolute Gasteiger partial charge is 0.337 e. The first-order valence-electron chi connectivity index (χ1n) is 5.45. The molecule has 0 aromatic carbocycles. The van der Waals surface area contributed by atoms with Gasteiger partial charge < -0.3 is 20.9 Å². The van der Waals surface area contributed by atoms with Gasteiger partial charge in [0.15, 0.2) is 0 Å². The summed E-state index contributed by atoms with van der Waals surface area (Å²) >= 11 is 0. The number of aromatic nitrogens is 2. The number of hydrogen-bond acceptors (Lipinski definition) is 4. The van der Waals surface area contributed by atoms with Crippen LogP contribution in [0.3, 0.4) is 0 Å². The van der Waals surface area contributed by atoms with Gasteiger partial charge in [-0.2, -0.15) is 0 Å². The monoisotopic (exact) mass is 211 g/mol. The predicted octanol–water partition coefficient (Wildman–Crippen LogP) is -0.507. The highest BCUT2D eigenvalue weighted by atomic mass is 15.1. The zero-order chi connectivity index (χ0) is 10.9. The standard InChI is InChI=1S/C10H21N5/c11-2-7-14(8-3-12)5-1-6-15-9-4-13-10-15/h4,9-10H,1-3,5-8,11-12H2. The van der Waals surface area contributed by atoms with Crippen LogP contribution in [0.1, 0.15) is 6.42 Å². The third kappa shape index (κ3) is 4.92. The summed E-state index contributed by atoms with van der Waals surface area (Å²) in [6.45, 7) is 5.32. The Balaban J connectivity index is 2.15. The van der Waals surface area contributed by atoms with Crippen LogP contribution in [0.25, 0.3) is 0 Å². The van der Waals surface area contributed by atoms with Crippen LogP contribution in [0.15, 0.2) is 18.7 Å². The number of nitrogens with two attached hydrogens (primary N) is 2. The van der Waals surface area contributed by atoms with E-state index in [0.29, 0.717) is 13.1 Å². The van der Waals surface area contributed by atoms with Gasteiger partial charge in [-0.3, -0.25) is 0 Å². The maximum atomic E-state index is 5.53. The van der Waals surface area contributed by atoms with Gasteiger partial charge >= 0.3 is 0 Å². The molecule has 1 aromatic heterocycles. The van der Waals surface area contributed by atoms with Crippen LogP contribution < -0.4 is 11.5 Å². The van der Waals surface area contributed by atoms with Crippen LogP contribution in [0.4, 0.5) is 0 Å². The number of aryl methyl sites for hydroxylation is 1. The van der Waals surface area contributed by atoms with E-state index in [4.69, 9.17) is 11.5 Å². The van der Waals surface area contributed by atoms with Gasteiger partial charge in [0.2, 0.25) is 0 Å². The Kier molecular flexibility index (Phi) is 5.99. The Morgan fingerprint density at radius 1 is 1.13 bits per heavy atom. The average Bonchev–Trinajstić information content (AvgIpc) is 2.71. The molecule has 0 saturated heterocycles. The molecule has 4 N–H and O–H groups in total. The topological polar surface area (TPSA) is 73.1 Å². The quantitative estimate of drug-likeness (QED) is 0.607. The zero-order valence-electron chi connectivity index (χ0n) is 9.18. The summed E-state index contributed by atoms with van der Waals surface area (Å²) in [6.07, 6.45) is 6.74. The van der Waals surface area contributed by atoms with Gasteiger partial charge in [0.05, 0.1) is 6.33 Å². The molecule has 0 aliphatic rings. The first kappa shape index (κ1) is 12.2. The van der Waals surface area contributed by atoms with Crippen LogP contribution in [-0.4, -0.2) is 47.2 Å². The van der Waals surface area contributed by atoms with Crippen molar-refractivity contribution in [3.63, 3.8) is 0 Å². The van der Waals surface area contributed by atoms with E-state index in [-0.39, 0.29) is 0 Å². The fourth-order valence-corrected chi connectivity index (χ4v) is 1.60. The number of hydrogen-bond donors (Lipinski definition) is 2. The summed E-state index contributed by atoms with van der Waals surface area (Å²) in [5.41, 5.74) is 11.1. The molecule has 0 saturated carbocycles. The van der Waals surface area contributed by atoms with E-state index >= 15 is 0 Å². The molecule has 0 bridgehead atoms. The fraction of sp³-hybridized carbons (Fsp3) is 0.700. The fourth-order valence-electron chi connectivity index (χ4n) is 1.60. The minimum absolute atomic E-state index is 0.699. The van der Waals surface area contributed by atoms with Gasteiger partial charge in [-0.15, -0.1) is 0 Å². The lowest BCUT2D eigenvalue weighted by molar-refractivity contribution is 0.279. The van der Waals surface area contributed by atoms with Crippen LogP contribution in [0.5, 0.6) is 0 Å². The Morgan fingerprint density at radius 2 is 1.87 bits per heavy atom. The molecule has 0 aliphatic heterocycles. The molecule has 0 atom stereocenters. The first-order valence-corrected chi connectivity index (χ1v) is 5.45. The molecular weight excluding hydrogens is 190 g/mol. The lowest BCUT2D eigenvalue weighted by atomic mass is 10.3. The molecule has 0 radical (unpaired) electrons. The van der Waals surface area contributed by atoms with Crippen LogP contribution in [0, 0.1) is 0 Å². The average molecular weight is 211 g/mol. The molecular formula is C10H21N5. The Hall–Kier alpha value is -0.910. The molecule has 0 unspecified atom stereocenters. The van der Waals surface area contributed by atoms with E-state index in [9.17, 15) is 0 Å². The second-order valence-corrected chi connectivity index (χ2v) is 3.57. The van der Waals surface area contributed by atoms with Crippen molar-refractivity contribution in [3.8, 4) is 0 Å². The Bertz CT molecular complexity index is 228. The molecule has 1 aromatic rings. The molecule has 0 aliphatic carbocycles. The lowest BCUT2D eigenvalue weighted by Gasteiger charge is -2.20. The van der Waals surface area contributed by atoms with Crippen molar-refractivity contribution in [1.82, 2.24) is 14.5 Å². The minimum atomic E-state index is 0.699. The third-order valence-electron chi connectivity index (χ3n) is 2.34. The summed E-state index contributed by atoms with van der Waals surface area (Å²) in [4.78, 5) is 6.30. The van der Waals surface area contributed by atoms with Gasteiger partial charge in [-0.05, 0) is 13.0 Å². The molecule has 5 nitrogen and oxygen atoms in total. The zero-order valence-corrected chi connectivity index (χ0v) is 9.18. The third-order valence-corrected chi connectivity index (χ3v) is 2.34. The van der Waals surface area contributed by atoms with E-state index in [1.54, 1.807) is 6.20 Å². The van der Waals surface area contributed by atoms with Crippen molar-refractivity contribution in [3.05, 3.63) is 18.7 Å². The highest BCUT2D eigenvalue weighted by molar-refractivity contribution is 4.74. The minimum Gasteiger partial charge on any atom is -0.337 e. The van der Waals surface area contributed by atoms with Crippen molar-refractivity contribution in [2.45, 2.75) is 13.0 Å². The number of rotatable bonds is 8. The van der Waals surface area contributed by atoms with Crippen molar-refractivity contribution >= 4 is 0 Å². The smallest absolute Gasteiger partial charge is 0.0945 e. The van der Waals surface area contributed by atoms with Crippen molar-refractivity contribution in [2.24, 2.45) is 11.5 Å². The van der Waals surface area contributed by atoms with Crippen molar-refractivity contribution < 1.29 is 0 Å². The van der Waals surface area contributed by atoms with Gasteiger partial charge in [-0.1, -0.05) is 0 Å². The summed E-state index contributed by atoms with van der Waals surface area (Å²) in [7, 11) is 0. The molecule has 1 heterocycles. The molecule has 5 heteroatoms. The van der Waals surface area contributed by atoms with Gasteiger partial charge in [0.1, 0.15) is 0 Å². The van der Waals surface area contributed by atoms with E-state index in [1.807, 2.05) is 12.5 Å². The Morgan fingerprint density at radius 3 is 2.40 bits per heavy atom. The predicted molar refractivity (Wildman–Crippen MR) is 61.4 cm³/mol. The number of nitrogens with zero attached hydrogens (tertiary/aromatic N) is 3. The van der Waals surface area contributed by atoms with E-state index < -0.39 is 0 Å². The highest BCUT2D eigenvalue weighted by Crippen LogP contribution is 1.94. The van der Waals surface area contributed by atoms with Crippen molar-refractivity contribution in [1.29, 1.82) is 0 Å². The highest BCUT2D eigenvalue weighted by Gasteiger charge is 2.01. The van der Waals surface area contributed by atoms with Crippen LogP contribution >= 0.6 is 0 Å². The van der Waals surface area contributed by atoms with Gasteiger partial charge in [0.25, 0.3) is 0 Å². The van der Waals surface area contributed by atoms with Gasteiger partial charge in [-0.25, -0.2) is 4.98 Å². The molecule has 0 amide bonds. The van der Waals surface area contributed by atoms with E-state index in [1.165, 1.54) is 0 Å². The second-order valence-electron chi connectivity index (χ2n) is 3.57. The summed E-state index contributed by atoms with van der Waals surface area (Å²) in [5.74, 6) is 0. The van der Waals surface area contributed by atoms with E-state index in [2.05, 4.69) is 14.5 Å². The van der Waals surface area contributed by atoms with Crippen LogP contribution in [-0.2, 0) is 6.54 Å².